The third-order valence-electron chi connectivity index (χ3n) is 16.4. The number of hydrogen-bond acceptors (Lipinski definition) is 12. The highest BCUT2D eigenvalue weighted by Gasteiger charge is 2.86. The zero-order valence-electron chi connectivity index (χ0n) is 31.2. The van der Waals surface area contributed by atoms with E-state index in [0.717, 1.165) is 25.7 Å². The summed E-state index contributed by atoms with van der Waals surface area (Å²) < 4.78 is 43.4. The standard InChI is InChI=1S/C39H56O12/c1-18-13-39(32-34(6,51-32)17-46-39)50-29-26(18)36(8)25(48-20(3)41)14-38-16-37(38)12-11-24(49-31-28(43)27(42)21(15-45-31)47-19(2)40)33(4,5)22(37)9-10-23(38)35(36,7)30(29)44/h10,18,21-22,24-32,42-44H,9,11-17H2,1-8H3/t18-,21-,22+,24+,25-,26+,27+,28-,29-,30+,31+,32-,34-,35-,36-,37-,38+,39-/m1/s1. The lowest BCUT2D eigenvalue weighted by Gasteiger charge is -2.62. The van der Waals surface area contributed by atoms with Gasteiger partial charge in [0.25, 0.3) is 0 Å². The van der Waals surface area contributed by atoms with Gasteiger partial charge in [0.15, 0.2) is 18.2 Å². The summed E-state index contributed by atoms with van der Waals surface area (Å²) in [5.41, 5.74) is -1.01. The number of rotatable bonds is 4. The number of esters is 2. The molecular weight excluding hydrogens is 660 g/mol. The van der Waals surface area contributed by atoms with Gasteiger partial charge in [-0.2, -0.15) is 0 Å². The predicted molar refractivity (Wildman–Crippen MR) is 177 cm³/mol. The van der Waals surface area contributed by atoms with Crippen LogP contribution in [0.4, 0.5) is 0 Å². The first-order valence-corrected chi connectivity index (χ1v) is 19.2. The van der Waals surface area contributed by atoms with Crippen molar-refractivity contribution in [2.75, 3.05) is 13.2 Å². The summed E-state index contributed by atoms with van der Waals surface area (Å²) >= 11 is 0. The minimum atomic E-state index is -1.37. The van der Waals surface area contributed by atoms with Gasteiger partial charge in [0.05, 0.1) is 31.5 Å². The monoisotopic (exact) mass is 716 g/mol. The molecule has 51 heavy (non-hydrogen) atoms. The third kappa shape index (κ3) is 4.20. The summed E-state index contributed by atoms with van der Waals surface area (Å²) in [6, 6.07) is 0. The van der Waals surface area contributed by atoms with Gasteiger partial charge in [-0.25, -0.2) is 0 Å². The van der Waals surface area contributed by atoms with Gasteiger partial charge in [0, 0.05) is 42.4 Å². The maximum Gasteiger partial charge on any atom is 0.303 e. The van der Waals surface area contributed by atoms with Gasteiger partial charge in [-0.3, -0.25) is 9.59 Å². The molecule has 12 heteroatoms. The predicted octanol–water partition coefficient (Wildman–Crippen LogP) is 3.17. The Hall–Kier alpha value is -1.64. The van der Waals surface area contributed by atoms with E-state index in [0.29, 0.717) is 19.4 Å². The Morgan fingerprint density at radius 1 is 0.941 bits per heavy atom. The fourth-order valence-corrected chi connectivity index (χ4v) is 14.0. The molecule has 5 aliphatic carbocycles. The van der Waals surface area contributed by atoms with Gasteiger partial charge in [-0.1, -0.05) is 46.3 Å². The quantitative estimate of drug-likeness (QED) is 0.222. The molecule has 0 bridgehead atoms. The SMILES string of the molecule is CC(=O)O[C@@H]1CO[C@@H](O[C@H]2CC[C@]34C[C@]35C[C@@H](OC(C)=O)[C@]3(C)[C@@H]6[C@@H](O[C@@]7(C[C@H]6C)OC[C@@]6(C)O[C@@H]76)[C@H](O)[C@@]3(C)C5=CC[C@H]4C2(C)C)[C@H](O)[C@H]1O. The summed E-state index contributed by atoms with van der Waals surface area (Å²) in [5, 5.41) is 34.4. The Kier molecular flexibility index (Phi) is 7.26. The number of carbonyl (C=O) groups is 2. The van der Waals surface area contributed by atoms with Gasteiger partial charge in [-0.15, -0.1) is 0 Å². The molecule has 9 aliphatic rings. The molecule has 18 atom stereocenters. The molecule has 4 saturated heterocycles. The van der Waals surface area contributed by atoms with Crippen molar-refractivity contribution in [1.82, 2.24) is 0 Å². The fraction of sp³-hybridized carbons (Fsp3) is 0.897. The second kappa shape index (κ2) is 10.6. The second-order valence-corrected chi connectivity index (χ2v) is 19.1. The highest BCUT2D eigenvalue weighted by atomic mass is 16.8. The van der Waals surface area contributed by atoms with Gasteiger partial charge < -0.3 is 48.5 Å². The van der Waals surface area contributed by atoms with Gasteiger partial charge in [-0.05, 0) is 61.7 Å². The molecule has 0 aromatic heterocycles. The van der Waals surface area contributed by atoms with E-state index < -0.39 is 65.5 Å². The minimum absolute atomic E-state index is 0.0642. The van der Waals surface area contributed by atoms with Gasteiger partial charge in [0.2, 0.25) is 0 Å². The van der Waals surface area contributed by atoms with Crippen LogP contribution >= 0.6 is 0 Å². The molecule has 0 amide bonds. The zero-order valence-corrected chi connectivity index (χ0v) is 31.2. The fourth-order valence-electron chi connectivity index (χ4n) is 14.0. The molecule has 12 nitrogen and oxygen atoms in total. The lowest BCUT2D eigenvalue weighted by Crippen LogP contribution is -2.62. The first-order valence-electron chi connectivity index (χ1n) is 19.2. The van der Waals surface area contributed by atoms with E-state index in [1.807, 2.05) is 0 Å². The van der Waals surface area contributed by atoms with Crippen molar-refractivity contribution < 1.29 is 58.1 Å². The highest BCUT2D eigenvalue weighted by molar-refractivity contribution is 5.67. The van der Waals surface area contributed by atoms with Crippen molar-refractivity contribution >= 4 is 11.9 Å². The Labute approximate surface area is 299 Å². The van der Waals surface area contributed by atoms with E-state index in [9.17, 15) is 24.9 Å². The number of aliphatic hydroxyl groups is 3. The van der Waals surface area contributed by atoms with Crippen LogP contribution in [0.2, 0.25) is 0 Å². The molecule has 4 heterocycles. The summed E-state index contributed by atoms with van der Waals surface area (Å²) in [7, 11) is 0. The van der Waals surface area contributed by atoms with Crippen LogP contribution < -0.4 is 0 Å². The molecular formula is C39H56O12. The van der Waals surface area contributed by atoms with E-state index in [1.54, 1.807) is 0 Å². The smallest absolute Gasteiger partial charge is 0.303 e. The van der Waals surface area contributed by atoms with E-state index in [2.05, 4.69) is 47.6 Å². The number of fused-ring (bicyclic) bond motifs is 6. The lowest BCUT2D eigenvalue weighted by atomic mass is 9.44. The van der Waals surface area contributed by atoms with Crippen LogP contribution in [0, 0.1) is 44.8 Å². The van der Waals surface area contributed by atoms with Crippen molar-refractivity contribution in [2.24, 2.45) is 44.8 Å². The van der Waals surface area contributed by atoms with E-state index in [-0.39, 0.29) is 64.4 Å². The Morgan fingerprint density at radius 2 is 1.67 bits per heavy atom. The van der Waals surface area contributed by atoms with Crippen molar-refractivity contribution in [3.63, 3.8) is 0 Å². The highest BCUT2D eigenvalue weighted by Crippen LogP contribution is 2.88. The molecule has 8 fully saturated rings. The number of ether oxygens (including phenoxy) is 7. The molecule has 3 N–H and O–H groups in total. The van der Waals surface area contributed by atoms with E-state index in [4.69, 9.17) is 33.2 Å². The first-order chi connectivity index (χ1) is 23.8. The molecule has 284 valence electrons. The second-order valence-electron chi connectivity index (χ2n) is 19.1. The third-order valence-corrected chi connectivity index (χ3v) is 16.4. The van der Waals surface area contributed by atoms with E-state index in [1.165, 1.54) is 19.4 Å². The molecule has 0 radical (unpaired) electrons. The number of hydrogen-bond donors (Lipinski definition) is 3. The normalized spacial score (nSPS) is 58.5. The Morgan fingerprint density at radius 3 is 2.31 bits per heavy atom. The molecule has 9 rings (SSSR count). The average Bonchev–Trinajstić information content (AvgIpc) is 3.89. The first kappa shape index (κ1) is 35.1. The number of epoxide rings is 1. The van der Waals surface area contributed by atoms with Crippen LogP contribution in [0.5, 0.6) is 0 Å². The average molecular weight is 717 g/mol. The van der Waals surface area contributed by atoms with Crippen LogP contribution in [0.3, 0.4) is 0 Å². The lowest BCUT2D eigenvalue weighted by molar-refractivity contribution is -0.315. The van der Waals surface area contributed by atoms with Crippen LogP contribution in [-0.4, -0.2) is 107 Å². The molecule has 0 unspecified atom stereocenters. The molecule has 0 aromatic rings. The van der Waals surface area contributed by atoms with Crippen LogP contribution in [0.1, 0.15) is 93.9 Å². The molecule has 0 aromatic carbocycles. The zero-order chi connectivity index (χ0) is 36.5. The van der Waals surface area contributed by atoms with E-state index >= 15 is 0 Å². The van der Waals surface area contributed by atoms with Crippen molar-refractivity contribution in [1.29, 1.82) is 0 Å². The number of carbonyl (C=O) groups excluding carboxylic acids is 2. The molecule has 4 aliphatic heterocycles. The summed E-state index contributed by atoms with van der Waals surface area (Å²) in [6.45, 7) is 16.3. The topological polar surface area (TPSA) is 163 Å². The number of allylic oxidation sites excluding steroid dienone is 1. The summed E-state index contributed by atoms with van der Waals surface area (Å²) in [4.78, 5) is 24.4. The van der Waals surface area contributed by atoms with Crippen LogP contribution in [0.15, 0.2) is 11.6 Å². The summed E-state index contributed by atoms with van der Waals surface area (Å²) in [6.07, 6.45) is 0.213. The van der Waals surface area contributed by atoms with Gasteiger partial charge >= 0.3 is 11.9 Å². The van der Waals surface area contributed by atoms with Crippen LogP contribution in [0.25, 0.3) is 0 Å². The van der Waals surface area contributed by atoms with Crippen molar-refractivity contribution in [3.05, 3.63) is 11.6 Å². The van der Waals surface area contributed by atoms with Crippen LogP contribution in [-0.2, 0) is 42.7 Å². The van der Waals surface area contributed by atoms with Gasteiger partial charge in [0.1, 0.15) is 30.0 Å². The Balaban J connectivity index is 1.04. The molecule has 3 spiro atoms. The van der Waals surface area contributed by atoms with Crippen molar-refractivity contribution in [2.45, 2.75) is 160 Å². The van der Waals surface area contributed by atoms with Crippen molar-refractivity contribution in [3.8, 4) is 0 Å². The largest absolute Gasteiger partial charge is 0.462 e. The Bertz CT molecular complexity index is 1560. The summed E-state index contributed by atoms with van der Waals surface area (Å²) in [5.74, 6) is -1.47. The molecule has 4 saturated carbocycles. The number of aliphatic hydroxyl groups excluding tert-OH is 3. The maximum absolute atomic E-state index is 12.9. The maximum atomic E-state index is 12.9. The minimum Gasteiger partial charge on any atom is -0.462 e.